The Morgan fingerprint density at radius 3 is 1.47 bits per heavy atom. The molecule has 0 nitrogen and oxygen atoms in total. The van der Waals surface area contributed by atoms with Crippen molar-refractivity contribution in [2.45, 2.75) is 78.8 Å². The van der Waals surface area contributed by atoms with E-state index in [1.165, 1.54) is 22.9 Å². The van der Waals surface area contributed by atoms with Crippen LogP contribution in [-0.4, -0.2) is 10.3 Å². The molecule has 0 aliphatic heterocycles. The lowest BCUT2D eigenvalue weighted by Gasteiger charge is -2.42. The van der Waals surface area contributed by atoms with Crippen LogP contribution >= 0.6 is 7.92 Å². The Morgan fingerprint density at radius 2 is 1.16 bits per heavy atom. The maximum absolute atomic E-state index is 2.41. The number of hydrogen-bond donors (Lipinski definition) is 0. The molecule has 0 spiro atoms. The van der Waals surface area contributed by atoms with Crippen molar-refractivity contribution in [1.29, 1.82) is 0 Å². The van der Waals surface area contributed by atoms with Crippen LogP contribution in [-0.2, 0) is 6.16 Å². The summed E-state index contributed by atoms with van der Waals surface area (Å²) in [5, 5.41) is 0.800. The number of rotatable bonds is 2. The first kappa shape index (κ1) is 16.7. The first-order valence-electron chi connectivity index (χ1n) is 7.27. The summed E-state index contributed by atoms with van der Waals surface area (Å²) in [6.45, 7) is 21.2. The van der Waals surface area contributed by atoms with E-state index in [4.69, 9.17) is 0 Å². The molecule has 0 saturated heterocycles. The molecule has 1 aromatic rings. The molecule has 0 N–H and O–H groups in total. The van der Waals surface area contributed by atoms with E-state index in [1.54, 1.807) is 5.56 Å². The Hall–Kier alpha value is -0.350. The summed E-state index contributed by atoms with van der Waals surface area (Å²) in [4.78, 5) is 0. The quantitative estimate of drug-likeness (QED) is 0.566. The third-order valence-corrected chi connectivity index (χ3v) is 7.65. The molecule has 0 unspecified atom stereocenters. The lowest BCUT2D eigenvalue weighted by atomic mass is 10.0. The van der Waals surface area contributed by atoms with Crippen molar-refractivity contribution in [3.8, 4) is 0 Å². The van der Waals surface area contributed by atoms with Crippen molar-refractivity contribution in [3.63, 3.8) is 0 Å². The zero-order valence-electron chi connectivity index (χ0n) is 14.3. The van der Waals surface area contributed by atoms with Crippen LogP contribution in [0, 0.1) is 20.8 Å². The molecule has 0 aromatic heterocycles. The van der Waals surface area contributed by atoms with Crippen LogP contribution in [0.25, 0.3) is 0 Å². The zero-order valence-corrected chi connectivity index (χ0v) is 15.2. The Morgan fingerprint density at radius 1 is 0.789 bits per heavy atom. The summed E-state index contributed by atoms with van der Waals surface area (Å²) in [6, 6.07) is 4.67. The minimum Gasteiger partial charge on any atom is -0.0911 e. The van der Waals surface area contributed by atoms with Gasteiger partial charge in [0.05, 0.1) is 0 Å². The van der Waals surface area contributed by atoms with Gasteiger partial charge in [-0.1, -0.05) is 67.2 Å². The summed E-state index contributed by atoms with van der Waals surface area (Å²) in [6.07, 6.45) is 1.25. The topological polar surface area (TPSA) is 0 Å². The highest BCUT2D eigenvalue weighted by atomic mass is 31.1. The molecule has 1 rings (SSSR count). The van der Waals surface area contributed by atoms with E-state index in [9.17, 15) is 0 Å². The van der Waals surface area contributed by atoms with Crippen LogP contribution in [0.1, 0.15) is 63.8 Å². The Bertz CT molecular complexity index is 407. The number of benzene rings is 1. The van der Waals surface area contributed by atoms with E-state index in [1.807, 2.05) is 0 Å². The molecule has 0 saturated carbocycles. The summed E-state index contributed by atoms with van der Waals surface area (Å²) < 4.78 is 0. The van der Waals surface area contributed by atoms with Gasteiger partial charge in [-0.25, -0.2) is 0 Å². The van der Waals surface area contributed by atoms with Gasteiger partial charge >= 0.3 is 0 Å². The fourth-order valence-electron chi connectivity index (χ4n) is 3.10. The molecular formula is C18H31P. The highest BCUT2D eigenvalue weighted by molar-refractivity contribution is 7.60. The largest absolute Gasteiger partial charge is 0.0911 e. The first-order valence-corrected chi connectivity index (χ1v) is 8.80. The van der Waals surface area contributed by atoms with Gasteiger partial charge < -0.3 is 0 Å². The van der Waals surface area contributed by atoms with Gasteiger partial charge in [0, 0.05) is 0 Å². The Balaban J connectivity index is 3.19. The van der Waals surface area contributed by atoms with Crippen molar-refractivity contribution in [2.75, 3.05) is 0 Å². The summed E-state index contributed by atoms with van der Waals surface area (Å²) >= 11 is 0. The Labute approximate surface area is 121 Å². The maximum atomic E-state index is 2.41. The van der Waals surface area contributed by atoms with Crippen LogP contribution in [0.15, 0.2) is 12.1 Å². The third-order valence-electron chi connectivity index (χ3n) is 3.78. The van der Waals surface area contributed by atoms with Crippen LogP contribution in [0.3, 0.4) is 0 Å². The monoisotopic (exact) mass is 278 g/mol. The van der Waals surface area contributed by atoms with Gasteiger partial charge in [0.25, 0.3) is 0 Å². The van der Waals surface area contributed by atoms with E-state index >= 15 is 0 Å². The number of aryl methyl sites for hydroxylation is 3. The first-order chi connectivity index (χ1) is 8.43. The maximum Gasteiger partial charge on any atom is -0.00584 e. The molecule has 0 bridgehead atoms. The highest BCUT2D eigenvalue weighted by Crippen LogP contribution is 2.61. The van der Waals surface area contributed by atoms with Gasteiger partial charge in [0.2, 0.25) is 0 Å². The molecule has 1 aromatic carbocycles. The SMILES string of the molecule is Cc1cc(C)c(CP(C(C)(C)C)C(C)(C)C)c(C)c1. The minimum absolute atomic E-state index is 0.0611. The second-order valence-corrected chi connectivity index (χ2v) is 11.7. The molecule has 0 atom stereocenters. The van der Waals surface area contributed by atoms with Gasteiger partial charge in [-0.2, -0.15) is 0 Å². The molecule has 0 heterocycles. The summed E-state index contributed by atoms with van der Waals surface area (Å²) in [7, 11) is -0.0611. The lowest BCUT2D eigenvalue weighted by Crippen LogP contribution is -2.26. The summed E-state index contributed by atoms with van der Waals surface area (Å²) in [5.41, 5.74) is 5.91. The molecule has 108 valence electrons. The van der Waals surface area contributed by atoms with E-state index in [0.717, 1.165) is 0 Å². The van der Waals surface area contributed by atoms with Crippen LogP contribution < -0.4 is 0 Å². The smallest absolute Gasteiger partial charge is 0.00584 e. The fourth-order valence-corrected chi connectivity index (χ4v) is 6.87. The average Bonchev–Trinajstić information content (AvgIpc) is 2.11. The predicted molar refractivity (Wildman–Crippen MR) is 90.8 cm³/mol. The molecule has 0 fully saturated rings. The number of hydrogen-bond acceptors (Lipinski definition) is 0. The highest BCUT2D eigenvalue weighted by Gasteiger charge is 2.34. The van der Waals surface area contributed by atoms with E-state index in [0.29, 0.717) is 10.3 Å². The van der Waals surface area contributed by atoms with E-state index in [2.05, 4.69) is 74.4 Å². The van der Waals surface area contributed by atoms with Crippen molar-refractivity contribution in [1.82, 2.24) is 0 Å². The Kier molecular flexibility index (Phi) is 4.89. The molecule has 0 radical (unpaired) electrons. The minimum atomic E-state index is -0.0611. The molecular weight excluding hydrogens is 247 g/mol. The van der Waals surface area contributed by atoms with Crippen LogP contribution in [0.4, 0.5) is 0 Å². The predicted octanol–water partition coefficient (Wildman–Crippen LogP) is 6.19. The van der Waals surface area contributed by atoms with Gasteiger partial charge in [-0.05, 0) is 53.9 Å². The van der Waals surface area contributed by atoms with Gasteiger partial charge in [-0.15, -0.1) is 0 Å². The zero-order chi connectivity index (χ0) is 15.0. The van der Waals surface area contributed by atoms with Crippen molar-refractivity contribution >= 4 is 7.92 Å². The molecule has 0 aliphatic rings. The fraction of sp³-hybridized carbons (Fsp3) is 0.667. The van der Waals surface area contributed by atoms with Gasteiger partial charge in [0.1, 0.15) is 0 Å². The molecule has 1 heteroatoms. The van der Waals surface area contributed by atoms with E-state index in [-0.39, 0.29) is 7.92 Å². The van der Waals surface area contributed by atoms with Crippen LogP contribution in [0.2, 0.25) is 0 Å². The lowest BCUT2D eigenvalue weighted by molar-refractivity contribution is 0.702. The van der Waals surface area contributed by atoms with Crippen molar-refractivity contribution in [2.24, 2.45) is 0 Å². The van der Waals surface area contributed by atoms with Gasteiger partial charge in [0.15, 0.2) is 0 Å². The van der Waals surface area contributed by atoms with E-state index < -0.39 is 0 Å². The van der Waals surface area contributed by atoms with Gasteiger partial charge in [-0.3, -0.25) is 0 Å². The molecule has 0 amide bonds. The standard InChI is InChI=1S/C18H31P/c1-13-10-14(2)16(15(3)11-13)12-19(17(4,5)6)18(7,8)9/h10-11H,12H2,1-9H3. The second-order valence-electron chi connectivity index (χ2n) is 7.81. The third kappa shape index (κ3) is 4.32. The normalized spacial score (nSPS) is 13.2. The second kappa shape index (κ2) is 5.57. The molecule has 19 heavy (non-hydrogen) atoms. The van der Waals surface area contributed by atoms with Crippen molar-refractivity contribution in [3.05, 3.63) is 34.4 Å². The summed E-state index contributed by atoms with van der Waals surface area (Å²) in [5.74, 6) is 0. The van der Waals surface area contributed by atoms with Crippen molar-refractivity contribution < 1.29 is 0 Å². The average molecular weight is 278 g/mol. The van der Waals surface area contributed by atoms with Crippen LogP contribution in [0.5, 0.6) is 0 Å². The molecule has 0 aliphatic carbocycles.